The highest BCUT2D eigenvalue weighted by atomic mass is 16.3. The predicted octanol–water partition coefficient (Wildman–Crippen LogP) is 1.26. The third-order valence-electron chi connectivity index (χ3n) is 2.08. The van der Waals surface area contributed by atoms with Gasteiger partial charge in [-0.05, 0) is 11.8 Å². The molecule has 9 heavy (non-hydrogen) atoms. The lowest BCUT2D eigenvalue weighted by molar-refractivity contribution is 0.338. The molecule has 0 bridgehead atoms. The van der Waals surface area contributed by atoms with E-state index in [4.69, 9.17) is 0 Å². The Morgan fingerprint density at radius 2 is 1.78 bits per heavy atom. The van der Waals surface area contributed by atoms with Crippen molar-refractivity contribution >= 4 is 0 Å². The van der Waals surface area contributed by atoms with Crippen LogP contribution in [0.3, 0.4) is 0 Å². The first kappa shape index (κ1) is 6.52. The van der Waals surface area contributed by atoms with Crippen LogP contribution in [0, 0.1) is 16.7 Å². The van der Waals surface area contributed by atoms with Crippen LogP contribution in [0.15, 0.2) is 5.29 Å². The van der Waals surface area contributed by atoms with Crippen molar-refractivity contribution in [2.75, 3.05) is 13.1 Å². The first-order valence-electron chi connectivity index (χ1n) is 3.32. The summed E-state index contributed by atoms with van der Waals surface area (Å²) in [7, 11) is 0. The van der Waals surface area contributed by atoms with Crippen molar-refractivity contribution in [3.05, 3.63) is 4.91 Å². The van der Waals surface area contributed by atoms with Crippen molar-refractivity contribution in [1.82, 2.24) is 5.01 Å². The van der Waals surface area contributed by atoms with Crippen LogP contribution in [0.5, 0.6) is 0 Å². The van der Waals surface area contributed by atoms with E-state index in [-0.39, 0.29) is 0 Å². The van der Waals surface area contributed by atoms with E-state index in [1.807, 2.05) is 0 Å². The minimum Gasteiger partial charge on any atom is -0.260 e. The fourth-order valence-corrected chi connectivity index (χ4v) is 1.17. The molecule has 52 valence electrons. The largest absolute Gasteiger partial charge is 0.260 e. The van der Waals surface area contributed by atoms with Crippen LogP contribution >= 0.6 is 0 Å². The maximum absolute atomic E-state index is 9.97. The van der Waals surface area contributed by atoms with Crippen LogP contribution < -0.4 is 0 Å². The van der Waals surface area contributed by atoms with Gasteiger partial charge >= 0.3 is 0 Å². The average molecular weight is 128 g/mol. The fraction of sp³-hybridized carbons (Fsp3) is 1.00. The maximum Gasteiger partial charge on any atom is 0.0524 e. The second-order valence-corrected chi connectivity index (χ2v) is 2.91. The predicted molar refractivity (Wildman–Crippen MR) is 35.7 cm³/mol. The van der Waals surface area contributed by atoms with Gasteiger partial charge in [-0.1, -0.05) is 13.8 Å². The average Bonchev–Trinajstić information content (AvgIpc) is 2.13. The molecular weight excluding hydrogens is 116 g/mol. The Balaban J connectivity index is 2.43. The summed E-state index contributed by atoms with van der Waals surface area (Å²) in [4.78, 5) is 9.97. The molecule has 0 aromatic heterocycles. The smallest absolute Gasteiger partial charge is 0.0524 e. The van der Waals surface area contributed by atoms with Crippen molar-refractivity contribution in [3.63, 3.8) is 0 Å². The molecule has 1 rings (SSSR count). The Morgan fingerprint density at radius 1 is 1.33 bits per heavy atom. The van der Waals surface area contributed by atoms with Gasteiger partial charge in [-0.3, -0.25) is 5.01 Å². The van der Waals surface area contributed by atoms with Gasteiger partial charge in [-0.2, -0.15) is 0 Å². The van der Waals surface area contributed by atoms with Gasteiger partial charge in [-0.15, -0.1) is 4.91 Å². The summed E-state index contributed by atoms with van der Waals surface area (Å²) >= 11 is 0. The lowest BCUT2D eigenvalue weighted by atomic mass is 10.0. The summed E-state index contributed by atoms with van der Waals surface area (Å²) in [6, 6.07) is 0. The van der Waals surface area contributed by atoms with Crippen LogP contribution in [0.2, 0.25) is 0 Å². The topological polar surface area (TPSA) is 32.7 Å². The standard InChI is InChI=1S/C6H12N2O/c1-5-3-8(7-9)4-6(5)2/h5-6H,3-4H2,1-2H3. The van der Waals surface area contributed by atoms with Gasteiger partial charge in [0, 0.05) is 13.1 Å². The molecule has 1 saturated heterocycles. The molecule has 0 amide bonds. The van der Waals surface area contributed by atoms with Gasteiger partial charge in [0.2, 0.25) is 0 Å². The van der Waals surface area contributed by atoms with Crippen LogP contribution in [-0.4, -0.2) is 18.1 Å². The van der Waals surface area contributed by atoms with E-state index in [0.717, 1.165) is 13.1 Å². The molecule has 0 aromatic carbocycles. The molecule has 2 unspecified atom stereocenters. The second kappa shape index (κ2) is 2.33. The van der Waals surface area contributed by atoms with Crippen LogP contribution in [0.25, 0.3) is 0 Å². The monoisotopic (exact) mass is 128 g/mol. The third kappa shape index (κ3) is 1.20. The molecule has 3 heteroatoms. The zero-order chi connectivity index (χ0) is 6.85. The van der Waals surface area contributed by atoms with E-state index < -0.39 is 0 Å². The van der Waals surface area contributed by atoms with Gasteiger partial charge < -0.3 is 0 Å². The van der Waals surface area contributed by atoms with E-state index >= 15 is 0 Å². The van der Waals surface area contributed by atoms with Crippen molar-refractivity contribution in [2.45, 2.75) is 13.8 Å². The van der Waals surface area contributed by atoms with Crippen LogP contribution in [0.4, 0.5) is 0 Å². The summed E-state index contributed by atoms with van der Waals surface area (Å²) in [6.45, 7) is 5.97. The molecule has 0 aromatic rings. The van der Waals surface area contributed by atoms with E-state index in [1.54, 1.807) is 5.01 Å². The van der Waals surface area contributed by atoms with Crippen molar-refractivity contribution in [2.24, 2.45) is 17.1 Å². The second-order valence-electron chi connectivity index (χ2n) is 2.91. The summed E-state index contributed by atoms with van der Waals surface area (Å²) in [5, 5.41) is 4.46. The van der Waals surface area contributed by atoms with E-state index in [1.165, 1.54) is 0 Å². The summed E-state index contributed by atoms with van der Waals surface area (Å²) < 4.78 is 0. The number of nitroso groups, excluding NO2 is 1. The molecule has 0 aliphatic carbocycles. The van der Waals surface area contributed by atoms with Crippen molar-refractivity contribution in [1.29, 1.82) is 0 Å². The quantitative estimate of drug-likeness (QED) is 0.498. The molecule has 0 N–H and O–H groups in total. The Hall–Kier alpha value is -0.600. The molecule has 0 saturated carbocycles. The van der Waals surface area contributed by atoms with Gasteiger partial charge in [-0.25, -0.2) is 0 Å². The fourth-order valence-electron chi connectivity index (χ4n) is 1.17. The van der Waals surface area contributed by atoms with Crippen molar-refractivity contribution < 1.29 is 0 Å². The molecule has 0 spiro atoms. The SMILES string of the molecule is CC1CN(N=O)CC1C. The Morgan fingerprint density at radius 3 is 2.00 bits per heavy atom. The Bertz CT molecular complexity index is 106. The van der Waals surface area contributed by atoms with E-state index in [9.17, 15) is 4.91 Å². The normalized spacial score (nSPS) is 35.1. The molecule has 1 heterocycles. The summed E-state index contributed by atoms with van der Waals surface area (Å²) in [5.41, 5.74) is 0. The lowest BCUT2D eigenvalue weighted by Crippen LogP contribution is -2.11. The zero-order valence-corrected chi connectivity index (χ0v) is 5.87. The highest BCUT2D eigenvalue weighted by Crippen LogP contribution is 2.21. The van der Waals surface area contributed by atoms with Gasteiger partial charge in [0.25, 0.3) is 0 Å². The van der Waals surface area contributed by atoms with E-state index in [2.05, 4.69) is 19.1 Å². The number of hydrogen-bond donors (Lipinski definition) is 0. The lowest BCUT2D eigenvalue weighted by Gasteiger charge is -2.02. The third-order valence-corrected chi connectivity index (χ3v) is 2.08. The number of rotatable bonds is 1. The van der Waals surface area contributed by atoms with Crippen LogP contribution in [0.1, 0.15) is 13.8 Å². The first-order chi connectivity index (χ1) is 4.24. The molecule has 2 atom stereocenters. The number of nitrogens with zero attached hydrogens (tertiary/aromatic N) is 2. The summed E-state index contributed by atoms with van der Waals surface area (Å²) in [5.74, 6) is 1.25. The molecule has 3 nitrogen and oxygen atoms in total. The zero-order valence-electron chi connectivity index (χ0n) is 5.87. The highest BCUT2D eigenvalue weighted by molar-refractivity contribution is 4.75. The molecule has 1 aliphatic rings. The molecule has 1 aliphatic heterocycles. The first-order valence-corrected chi connectivity index (χ1v) is 3.32. The Labute approximate surface area is 55.0 Å². The summed E-state index contributed by atoms with van der Waals surface area (Å²) in [6.07, 6.45) is 0. The van der Waals surface area contributed by atoms with Crippen LogP contribution in [-0.2, 0) is 0 Å². The highest BCUT2D eigenvalue weighted by Gasteiger charge is 2.25. The molecular formula is C6H12N2O. The Kier molecular flexibility index (Phi) is 1.69. The molecule has 1 fully saturated rings. The van der Waals surface area contributed by atoms with Gasteiger partial charge in [0.1, 0.15) is 0 Å². The molecule has 0 radical (unpaired) electrons. The number of hydrogen-bond acceptors (Lipinski definition) is 2. The van der Waals surface area contributed by atoms with Crippen molar-refractivity contribution in [3.8, 4) is 0 Å². The van der Waals surface area contributed by atoms with E-state index in [0.29, 0.717) is 11.8 Å². The minimum atomic E-state index is 0.627. The van der Waals surface area contributed by atoms with Gasteiger partial charge in [0.05, 0.1) is 5.29 Å². The minimum absolute atomic E-state index is 0.627. The van der Waals surface area contributed by atoms with Gasteiger partial charge in [0.15, 0.2) is 0 Å². The maximum atomic E-state index is 9.97.